The van der Waals surface area contributed by atoms with Crippen LogP contribution in [0, 0.1) is 0 Å². The average molecular weight is 654 g/mol. The molecule has 0 saturated heterocycles. The molecule has 0 atom stereocenters. The average Bonchev–Trinajstić information content (AvgIpc) is 3.17. The maximum Gasteiger partial charge on any atom is 0.260 e. The first kappa shape index (κ1) is 28.6. The predicted octanol–water partition coefficient (Wildman–Crippen LogP) is 10.5. The number of para-hydroxylation sites is 2. The van der Waals surface area contributed by atoms with Gasteiger partial charge in [-0.25, -0.2) is 0 Å². The molecule has 0 amide bonds. The molecule has 8 aromatic rings. The molecule has 3 aliphatic rings. The Balaban J connectivity index is 1.16. The van der Waals surface area contributed by atoms with Crippen LogP contribution in [0.25, 0.3) is 32.7 Å². The molecule has 2 aliphatic heterocycles. The summed E-state index contributed by atoms with van der Waals surface area (Å²) in [6.45, 7) is 4.79. The van der Waals surface area contributed by atoms with Crippen molar-refractivity contribution in [3.8, 4) is 34.1 Å². The van der Waals surface area contributed by atoms with Crippen molar-refractivity contribution in [1.82, 2.24) is 0 Å². The van der Waals surface area contributed by atoms with Crippen LogP contribution >= 0.6 is 0 Å². The minimum atomic E-state index is -0.267. The van der Waals surface area contributed by atoms with Crippen LogP contribution in [-0.4, -0.2) is 6.71 Å². The standard InChI is InChI=1S/C47H32BNO2/c1-47(2)35-19-11-18-33-40(49(30-15-4-3-5-16-30)39-21-10-14-29-13-6-7-17-31(29)39)26-25-32(45(33)35)34-27-44-38(28-36(34)47)48-37-20-8-9-22-41(37)50-42-23-12-24-43(51-44)46(42)48/h3-28H,1-2H3. The molecule has 3 nitrogen and oxygen atoms in total. The summed E-state index contributed by atoms with van der Waals surface area (Å²) in [4.78, 5) is 2.43. The van der Waals surface area contributed by atoms with Crippen molar-refractivity contribution in [3.05, 3.63) is 169 Å². The number of hydrogen-bond donors (Lipinski definition) is 0. The van der Waals surface area contributed by atoms with Gasteiger partial charge in [0.25, 0.3) is 6.71 Å². The van der Waals surface area contributed by atoms with Gasteiger partial charge in [-0.15, -0.1) is 0 Å². The Morgan fingerprint density at radius 1 is 0.490 bits per heavy atom. The largest absolute Gasteiger partial charge is 0.458 e. The van der Waals surface area contributed by atoms with E-state index in [1.165, 1.54) is 54.7 Å². The molecule has 240 valence electrons. The van der Waals surface area contributed by atoms with Crippen molar-refractivity contribution in [2.75, 3.05) is 4.90 Å². The molecule has 0 radical (unpaired) electrons. The van der Waals surface area contributed by atoms with E-state index in [0.29, 0.717) is 0 Å². The molecule has 0 bridgehead atoms. The molecule has 0 spiro atoms. The van der Waals surface area contributed by atoms with Gasteiger partial charge in [-0.2, -0.15) is 0 Å². The number of anilines is 3. The Kier molecular flexibility index (Phi) is 5.82. The summed E-state index contributed by atoms with van der Waals surface area (Å²) < 4.78 is 13.2. The van der Waals surface area contributed by atoms with Gasteiger partial charge in [-0.05, 0) is 92.5 Å². The molecule has 8 aromatic carbocycles. The highest BCUT2D eigenvalue weighted by Crippen LogP contribution is 2.53. The third-order valence-corrected chi connectivity index (χ3v) is 11.4. The first-order valence-corrected chi connectivity index (χ1v) is 17.7. The molecule has 4 heteroatoms. The lowest BCUT2D eigenvalue weighted by atomic mass is 9.34. The topological polar surface area (TPSA) is 21.7 Å². The van der Waals surface area contributed by atoms with Crippen molar-refractivity contribution < 1.29 is 9.47 Å². The zero-order valence-corrected chi connectivity index (χ0v) is 28.4. The molecule has 11 rings (SSSR count). The first-order valence-electron chi connectivity index (χ1n) is 17.7. The predicted molar refractivity (Wildman–Crippen MR) is 211 cm³/mol. The fraction of sp³-hybridized carbons (Fsp3) is 0.0638. The molecule has 0 aromatic heterocycles. The second kappa shape index (κ2) is 10.4. The molecule has 1 aliphatic carbocycles. The Labute approximate surface area is 297 Å². The van der Waals surface area contributed by atoms with E-state index < -0.39 is 0 Å². The van der Waals surface area contributed by atoms with Crippen LogP contribution in [0.5, 0.6) is 23.0 Å². The minimum absolute atomic E-state index is 0.0330. The maximum atomic E-state index is 6.79. The Bertz CT molecular complexity index is 2750. The lowest BCUT2D eigenvalue weighted by Crippen LogP contribution is -2.57. The van der Waals surface area contributed by atoms with E-state index >= 15 is 0 Å². The van der Waals surface area contributed by atoms with Gasteiger partial charge in [0.1, 0.15) is 23.0 Å². The van der Waals surface area contributed by atoms with Crippen LogP contribution in [0.4, 0.5) is 17.1 Å². The van der Waals surface area contributed by atoms with Crippen molar-refractivity contribution in [2.24, 2.45) is 0 Å². The van der Waals surface area contributed by atoms with Crippen molar-refractivity contribution >= 4 is 61.7 Å². The number of nitrogens with zero attached hydrogens (tertiary/aromatic N) is 1. The van der Waals surface area contributed by atoms with Gasteiger partial charge in [0, 0.05) is 27.3 Å². The van der Waals surface area contributed by atoms with Gasteiger partial charge in [0.15, 0.2) is 0 Å². The molecule has 51 heavy (non-hydrogen) atoms. The van der Waals surface area contributed by atoms with Gasteiger partial charge >= 0.3 is 0 Å². The molecule has 0 saturated carbocycles. The normalized spacial score (nSPS) is 14.1. The van der Waals surface area contributed by atoms with Crippen LogP contribution in [0.3, 0.4) is 0 Å². The number of benzene rings is 8. The SMILES string of the molecule is CC1(C)c2cc3c(cc2-c2ccc(N(c4ccccc4)c4cccc5ccccc45)c4cccc1c24)Oc1cccc2c1B3c1ccccc1O2. The molecular weight excluding hydrogens is 621 g/mol. The first-order chi connectivity index (χ1) is 25.1. The van der Waals surface area contributed by atoms with Gasteiger partial charge < -0.3 is 14.4 Å². The van der Waals surface area contributed by atoms with E-state index in [0.717, 1.165) is 45.5 Å². The highest BCUT2D eigenvalue weighted by Gasteiger charge is 2.43. The minimum Gasteiger partial charge on any atom is -0.458 e. The summed E-state index contributed by atoms with van der Waals surface area (Å²) in [5.41, 5.74) is 11.8. The number of fused-ring (bicyclic) bond motifs is 7. The lowest BCUT2D eigenvalue weighted by molar-refractivity contribution is 0.464. The van der Waals surface area contributed by atoms with Crippen LogP contribution < -0.4 is 30.8 Å². The van der Waals surface area contributed by atoms with E-state index in [2.05, 4.69) is 170 Å². The highest BCUT2D eigenvalue weighted by atomic mass is 16.5. The van der Waals surface area contributed by atoms with E-state index in [4.69, 9.17) is 9.47 Å². The maximum absolute atomic E-state index is 6.79. The molecule has 0 N–H and O–H groups in total. The Hall–Kier alpha value is -6.26. The fourth-order valence-electron chi connectivity index (χ4n) is 9.03. The second-order valence-electron chi connectivity index (χ2n) is 14.4. The van der Waals surface area contributed by atoms with Gasteiger partial charge in [0.05, 0.1) is 11.4 Å². The van der Waals surface area contributed by atoms with E-state index in [-0.39, 0.29) is 12.1 Å². The molecule has 2 heterocycles. The second-order valence-corrected chi connectivity index (χ2v) is 14.4. The van der Waals surface area contributed by atoms with Crippen molar-refractivity contribution in [3.63, 3.8) is 0 Å². The van der Waals surface area contributed by atoms with Gasteiger partial charge in [-0.3, -0.25) is 0 Å². The molecule has 0 unspecified atom stereocenters. The van der Waals surface area contributed by atoms with Crippen molar-refractivity contribution in [1.29, 1.82) is 0 Å². The quantitative estimate of drug-likeness (QED) is 0.177. The van der Waals surface area contributed by atoms with Crippen LogP contribution in [-0.2, 0) is 5.41 Å². The van der Waals surface area contributed by atoms with E-state index in [9.17, 15) is 0 Å². The Morgan fingerprint density at radius 3 is 2.04 bits per heavy atom. The smallest absolute Gasteiger partial charge is 0.260 e. The number of rotatable bonds is 3. The number of ether oxygens (including phenoxy) is 2. The van der Waals surface area contributed by atoms with Crippen LogP contribution in [0.2, 0.25) is 0 Å². The fourth-order valence-corrected chi connectivity index (χ4v) is 9.03. The summed E-state index contributed by atoms with van der Waals surface area (Å²) >= 11 is 0. The summed E-state index contributed by atoms with van der Waals surface area (Å²) in [5.74, 6) is 3.56. The van der Waals surface area contributed by atoms with Crippen LogP contribution in [0.15, 0.2) is 158 Å². The Morgan fingerprint density at radius 2 is 1.16 bits per heavy atom. The third kappa shape index (κ3) is 3.96. The van der Waals surface area contributed by atoms with Gasteiger partial charge in [0.2, 0.25) is 0 Å². The number of hydrogen-bond acceptors (Lipinski definition) is 3. The van der Waals surface area contributed by atoms with Crippen LogP contribution in [0.1, 0.15) is 25.0 Å². The zero-order valence-electron chi connectivity index (χ0n) is 28.4. The summed E-state index contributed by atoms with van der Waals surface area (Å²) in [6.07, 6.45) is 0. The van der Waals surface area contributed by atoms with E-state index in [1.54, 1.807) is 0 Å². The highest BCUT2D eigenvalue weighted by molar-refractivity contribution is 6.98. The summed E-state index contributed by atoms with van der Waals surface area (Å²) in [5, 5.41) is 4.97. The lowest BCUT2D eigenvalue weighted by Gasteiger charge is -2.39. The van der Waals surface area contributed by atoms with Gasteiger partial charge in [-0.1, -0.05) is 123 Å². The third-order valence-electron chi connectivity index (χ3n) is 11.4. The van der Waals surface area contributed by atoms with E-state index in [1.807, 2.05) is 6.07 Å². The molecule has 0 fully saturated rings. The zero-order chi connectivity index (χ0) is 33.8. The van der Waals surface area contributed by atoms with Crippen molar-refractivity contribution in [2.45, 2.75) is 19.3 Å². The molecular formula is C47H32BNO2. The monoisotopic (exact) mass is 653 g/mol. The summed E-state index contributed by atoms with van der Waals surface area (Å²) in [7, 11) is 0. The summed E-state index contributed by atoms with van der Waals surface area (Å²) in [6, 6.07) is 56.9.